The van der Waals surface area contributed by atoms with E-state index in [1.807, 2.05) is 31.2 Å². The Bertz CT molecular complexity index is 688. The number of carboxylic acids is 1. The molecule has 0 aromatic heterocycles. The maximum Gasteiger partial charge on any atom is 0.393 e. The van der Waals surface area contributed by atoms with Gasteiger partial charge in [0.25, 0.3) is 0 Å². The van der Waals surface area contributed by atoms with Gasteiger partial charge in [-0.05, 0) is 31.2 Å². The highest BCUT2D eigenvalue weighted by molar-refractivity contribution is 5.84. The summed E-state index contributed by atoms with van der Waals surface area (Å²) in [6.45, 7) is 1.36. The molecule has 4 atom stereocenters. The third kappa shape index (κ3) is 3.80. The molecule has 2 fully saturated rings. The normalized spacial score (nSPS) is 29.4. The molecule has 1 saturated carbocycles. The molecule has 0 bridgehead atoms. The predicted molar refractivity (Wildman–Crippen MR) is 83.9 cm³/mol. The minimum Gasteiger partial charge on any atom is -0.481 e. The van der Waals surface area contributed by atoms with E-state index in [9.17, 15) is 22.8 Å². The van der Waals surface area contributed by atoms with Crippen molar-refractivity contribution in [2.75, 3.05) is 13.1 Å². The fourth-order valence-corrected chi connectivity index (χ4v) is 3.67. The first-order chi connectivity index (χ1) is 11.7. The number of halogens is 3. The zero-order valence-corrected chi connectivity index (χ0v) is 13.8. The van der Waals surface area contributed by atoms with E-state index in [1.165, 1.54) is 0 Å². The fraction of sp³-hybridized carbons (Fsp3) is 0.556. The van der Waals surface area contributed by atoms with Crippen LogP contribution in [0.25, 0.3) is 0 Å². The summed E-state index contributed by atoms with van der Waals surface area (Å²) in [6.07, 6.45) is -4.35. The van der Waals surface area contributed by atoms with Gasteiger partial charge in [0.05, 0.1) is 11.8 Å². The van der Waals surface area contributed by atoms with Crippen molar-refractivity contribution in [1.29, 1.82) is 0 Å². The van der Waals surface area contributed by atoms with Crippen molar-refractivity contribution >= 4 is 11.9 Å². The lowest BCUT2D eigenvalue weighted by Gasteiger charge is -2.37. The van der Waals surface area contributed by atoms with Crippen molar-refractivity contribution in [3.8, 4) is 0 Å². The second-order valence-corrected chi connectivity index (χ2v) is 7.12. The number of likely N-dealkylation sites (tertiary alicyclic amines) is 1. The van der Waals surface area contributed by atoms with Gasteiger partial charge in [-0.15, -0.1) is 0 Å². The van der Waals surface area contributed by atoms with Gasteiger partial charge < -0.3 is 10.0 Å². The number of alkyl halides is 3. The molecule has 1 aromatic rings. The van der Waals surface area contributed by atoms with Gasteiger partial charge in [-0.25, -0.2) is 0 Å². The summed E-state index contributed by atoms with van der Waals surface area (Å²) in [5.41, 5.74) is 2.08. The lowest BCUT2D eigenvalue weighted by molar-refractivity contribution is -0.195. The standard InChI is InChI=1S/C18H20F3NO3/c1-10-3-2-4-11(5-10)14-7-15(14)16(23)22-8-12(17(24)25)6-13(9-22)18(19,20)21/h2-5,12-15H,6-9H2,1H3,(H,24,25)/t12-,13+,14+,15-/m1/s1. The van der Waals surface area contributed by atoms with Crippen LogP contribution in [-0.2, 0) is 9.59 Å². The van der Waals surface area contributed by atoms with E-state index in [0.717, 1.165) is 16.0 Å². The Morgan fingerprint density at radius 1 is 1.20 bits per heavy atom. The highest BCUT2D eigenvalue weighted by Gasteiger charge is 2.51. The number of carbonyl (C=O) groups is 2. The summed E-state index contributed by atoms with van der Waals surface area (Å²) in [6, 6.07) is 7.73. The maximum absolute atomic E-state index is 13.1. The molecule has 25 heavy (non-hydrogen) atoms. The summed E-state index contributed by atoms with van der Waals surface area (Å²) in [5.74, 6) is -4.90. The summed E-state index contributed by atoms with van der Waals surface area (Å²) in [7, 11) is 0. The molecular formula is C18H20F3NO3. The van der Waals surface area contributed by atoms with E-state index < -0.39 is 36.9 Å². The van der Waals surface area contributed by atoms with Gasteiger partial charge in [0.2, 0.25) is 5.91 Å². The van der Waals surface area contributed by atoms with Gasteiger partial charge in [0.1, 0.15) is 0 Å². The van der Waals surface area contributed by atoms with Gasteiger partial charge in [-0.1, -0.05) is 29.8 Å². The van der Waals surface area contributed by atoms with Crippen molar-refractivity contribution in [2.45, 2.75) is 31.9 Å². The van der Waals surface area contributed by atoms with Crippen molar-refractivity contribution in [3.63, 3.8) is 0 Å². The van der Waals surface area contributed by atoms with E-state index in [2.05, 4.69) is 0 Å². The lowest BCUT2D eigenvalue weighted by Crippen LogP contribution is -2.50. The minimum atomic E-state index is -4.49. The molecular weight excluding hydrogens is 335 g/mol. The molecule has 136 valence electrons. The van der Waals surface area contributed by atoms with E-state index in [4.69, 9.17) is 5.11 Å². The summed E-state index contributed by atoms with van der Waals surface area (Å²) < 4.78 is 39.3. The Balaban J connectivity index is 1.72. The van der Waals surface area contributed by atoms with Crippen LogP contribution in [0.3, 0.4) is 0 Å². The van der Waals surface area contributed by atoms with Crippen LogP contribution in [0.2, 0.25) is 0 Å². The molecule has 1 saturated heterocycles. The van der Waals surface area contributed by atoms with Gasteiger partial charge in [0, 0.05) is 19.0 Å². The average Bonchev–Trinajstić information content (AvgIpc) is 3.33. The zero-order valence-electron chi connectivity index (χ0n) is 13.8. The number of nitrogens with zero attached hydrogens (tertiary/aromatic N) is 1. The van der Waals surface area contributed by atoms with E-state index >= 15 is 0 Å². The summed E-state index contributed by atoms with van der Waals surface area (Å²) in [4.78, 5) is 24.9. The summed E-state index contributed by atoms with van der Waals surface area (Å²) >= 11 is 0. The van der Waals surface area contributed by atoms with Crippen LogP contribution in [-0.4, -0.2) is 41.1 Å². The van der Waals surface area contributed by atoms with Crippen LogP contribution in [0.5, 0.6) is 0 Å². The predicted octanol–water partition coefficient (Wildman–Crippen LogP) is 3.21. The number of aliphatic carboxylic acids is 1. The largest absolute Gasteiger partial charge is 0.481 e. The molecule has 1 heterocycles. The fourth-order valence-electron chi connectivity index (χ4n) is 3.67. The van der Waals surface area contributed by atoms with Crippen LogP contribution in [0.15, 0.2) is 24.3 Å². The van der Waals surface area contributed by atoms with Crippen LogP contribution in [0.4, 0.5) is 13.2 Å². The van der Waals surface area contributed by atoms with Gasteiger partial charge in [-0.3, -0.25) is 9.59 Å². The second-order valence-electron chi connectivity index (χ2n) is 7.12. The van der Waals surface area contributed by atoms with Crippen LogP contribution in [0, 0.1) is 24.7 Å². The first-order valence-corrected chi connectivity index (χ1v) is 8.31. The monoisotopic (exact) mass is 355 g/mol. The molecule has 3 rings (SSSR count). The van der Waals surface area contributed by atoms with Gasteiger partial charge in [-0.2, -0.15) is 13.2 Å². The molecule has 1 aliphatic carbocycles. The Hall–Kier alpha value is -2.05. The van der Waals surface area contributed by atoms with E-state index in [0.29, 0.717) is 6.42 Å². The quantitative estimate of drug-likeness (QED) is 0.906. The van der Waals surface area contributed by atoms with Crippen molar-refractivity contribution < 1.29 is 27.9 Å². The van der Waals surface area contributed by atoms with Crippen LogP contribution >= 0.6 is 0 Å². The SMILES string of the molecule is Cc1cccc([C@@H]2C[C@H]2C(=O)N2C[C@H](C(=O)O)C[C@H](C(F)(F)F)C2)c1. The Morgan fingerprint density at radius 3 is 2.52 bits per heavy atom. The van der Waals surface area contributed by atoms with Crippen LogP contribution < -0.4 is 0 Å². The zero-order chi connectivity index (χ0) is 18.4. The minimum absolute atomic E-state index is 0.0157. The molecule has 0 spiro atoms. The van der Waals surface area contributed by atoms with Crippen molar-refractivity contribution in [3.05, 3.63) is 35.4 Å². The number of benzene rings is 1. The number of hydrogen-bond acceptors (Lipinski definition) is 2. The van der Waals surface area contributed by atoms with E-state index in [1.54, 1.807) is 0 Å². The molecule has 7 heteroatoms. The number of rotatable bonds is 3. The Labute approximate surface area is 143 Å². The molecule has 1 aliphatic heterocycles. The highest BCUT2D eigenvalue weighted by atomic mass is 19.4. The maximum atomic E-state index is 13.1. The molecule has 1 N–H and O–H groups in total. The number of carboxylic acid groups (broad SMARTS) is 1. The number of hydrogen-bond donors (Lipinski definition) is 1. The number of carbonyl (C=O) groups excluding carboxylic acids is 1. The third-order valence-corrected chi connectivity index (χ3v) is 5.15. The first-order valence-electron chi connectivity index (χ1n) is 8.31. The highest BCUT2D eigenvalue weighted by Crippen LogP contribution is 2.49. The molecule has 1 aromatic carbocycles. The lowest BCUT2D eigenvalue weighted by atomic mass is 9.88. The smallest absolute Gasteiger partial charge is 0.393 e. The molecule has 1 amide bonds. The van der Waals surface area contributed by atoms with Gasteiger partial charge >= 0.3 is 12.1 Å². The average molecular weight is 355 g/mol. The number of amides is 1. The number of piperidine rings is 1. The van der Waals surface area contributed by atoms with E-state index in [-0.39, 0.29) is 24.3 Å². The Kier molecular flexibility index (Phi) is 4.51. The first kappa shape index (κ1) is 17.8. The molecule has 0 radical (unpaired) electrons. The molecule has 4 nitrogen and oxygen atoms in total. The topological polar surface area (TPSA) is 57.6 Å². The molecule has 2 aliphatic rings. The summed E-state index contributed by atoms with van der Waals surface area (Å²) in [5, 5.41) is 9.13. The van der Waals surface area contributed by atoms with Crippen LogP contribution in [0.1, 0.15) is 29.9 Å². The third-order valence-electron chi connectivity index (χ3n) is 5.15. The second kappa shape index (κ2) is 6.35. The van der Waals surface area contributed by atoms with Crippen molar-refractivity contribution in [1.82, 2.24) is 4.90 Å². The Morgan fingerprint density at radius 2 is 1.92 bits per heavy atom. The van der Waals surface area contributed by atoms with Gasteiger partial charge in [0.15, 0.2) is 0 Å². The van der Waals surface area contributed by atoms with Crippen molar-refractivity contribution in [2.24, 2.45) is 17.8 Å². The molecule has 0 unspecified atom stereocenters. The number of aryl methyl sites for hydroxylation is 1.